The second-order valence-corrected chi connectivity index (χ2v) is 13.0. The minimum atomic E-state index is -3.60. The monoisotopic (exact) mass is 600 g/mol. The molecule has 2 N–H and O–H groups in total. The van der Waals surface area contributed by atoms with E-state index in [-0.39, 0.29) is 42.2 Å². The van der Waals surface area contributed by atoms with Crippen molar-refractivity contribution in [1.82, 2.24) is 9.62 Å². The molecule has 1 aliphatic heterocycles. The molecule has 0 saturated carbocycles. The molecule has 4 aromatic carbocycles. The first-order valence-corrected chi connectivity index (χ1v) is 16.1. The van der Waals surface area contributed by atoms with E-state index in [4.69, 9.17) is 9.47 Å². The van der Waals surface area contributed by atoms with Crippen LogP contribution in [-0.2, 0) is 32.6 Å². The first-order valence-electron chi connectivity index (χ1n) is 14.6. The molecule has 0 bridgehead atoms. The molecule has 5 atom stereocenters. The average Bonchev–Trinajstić information content (AvgIpc) is 3.05. The predicted molar refractivity (Wildman–Crippen MR) is 167 cm³/mol. The van der Waals surface area contributed by atoms with Crippen LogP contribution in [0.3, 0.4) is 0 Å². The van der Waals surface area contributed by atoms with Crippen molar-refractivity contribution >= 4 is 10.0 Å². The third-order valence-corrected chi connectivity index (χ3v) is 9.72. The topological polar surface area (TPSA) is 88.1 Å². The molecular weight excluding hydrogens is 560 g/mol. The fourth-order valence-corrected chi connectivity index (χ4v) is 6.45. The van der Waals surface area contributed by atoms with Gasteiger partial charge in [-0.15, -0.1) is 0 Å². The highest BCUT2D eigenvalue weighted by Gasteiger charge is 2.39. The van der Waals surface area contributed by atoms with Gasteiger partial charge in [0.25, 0.3) is 0 Å². The summed E-state index contributed by atoms with van der Waals surface area (Å²) in [6.45, 7) is 5.24. The maximum absolute atomic E-state index is 12.7. The second kappa shape index (κ2) is 13.9. The van der Waals surface area contributed by atoms with Gasteiger partial charge in [-0.1, -0.05) is 104 Å². The molecule has 43 heavy (non-hydrogen) atoms. The Morgan fingerprint density at radius 1 is 0.814 bits per heavy atom. The second-order valence-electron chi connectivity index (χ2n) is 11.2. The summed E-state index contributed by atoms with van der Waals surface area (Å²) in [7, 11) is -1.48. The molecule has 8 heteroatoms. The molecule has 1 fully saturated rings. The molecule has 4 aromatic rings. The Kier molecular flexibility index (Phi) is 10.1. The predicted octanol–water partition coefficient (Wildman–Crippen LogP) is 6.14. The highest BCUT2D eigenvalue weighted by molar-refractivity contribution is 7.89. The minimum absolute atomic E-state index is 0.00819. The van der Waals surface area contributed by atoms with Gasteiger partial charge < -0.3 is 14.6 Å². The van der Waals surface area contributed by atoms with E-state index in [1.54, 1.807) is 30.3 Å². The minimum Gasteiger partial charge on any atom is -0.392 e. The number of hydrogen-bond donors (Lipinski definition) is 2. The molecule has 1 aliphatic rings. The first kappa shape index (κ1) is 31.1. The van der Waals surface area contributed by atoms with Gasteiger partial charge in [-0.25, -0.2) is 13.1 Å². The van der Waals surface area contributed by atoms with Crippen LogP contribution < -0.4 is 4.72 Å². The van der Waals surface area contributed by atoms with E-state index < -0.39 is 16.3 Å². The fraction of sp³-hybridized carbons (Fsp3) is 0.314. The summed E-state index contributed by atoms with van der Waals surface area (Å²) in [5, 5.41) is 9.54. The van der Waals surface area contributed by atoms with Gasteiger partial charge in [0, 0.05) is 30.6 Å². The molecule has 0 aliphatic carbocycles. The van der Waals surface area contributed by atoms with Crippen molar-refractivity contribution in [3.05, 3.63) is 137 Å². The molecule has 0 radical (unpaired) electrons. The van der Waals surface area contributed by atoms with Gasteiger partial charge in [0.05, 0.1) is 23.7 Å². The Morgan fingerprint density at radius 3 is 2.02 bits per heavy atom. The highest BCUT2D eigenvalue weighted by Crippen LogP contribution is 2.42. The van der Waals surface area contributed by atoms with Gasteiger partial charge >= 0.3 is 0 Å². The Hall–Kier alpha value is -3.37. The van der Waals surface area contributed by atoms with Gasteiger partial charge in [-0.3, -0.25) is 4.90 Å². The number of rotatable bonds is 11. The summed E-state index contributed by atoms with van der Waals surface area (Å²) in [6, 6.07) is 34.6. The number of sulfonamides is 1. The van der Waals surface area contributed by atoms with Gasteiger partial charge in [0.2, 0.25) is 10.0 Å². The first-order chi connectivity index (χ1) is 20.7. The van der Waals surface area contributed by atoms with Crippen molar-refractivity contribution < 1.29 is 23.0 Å². The van der Waals surface area contributed by atoms with Crippen LogP contribution in [0.15, 0.2) is 114 Å². The number of hydrogen-bond acceptors (Lipinski definition) is 6. The zero-order valence-corrected chi connectivity index (χ0v) is 25.7. The standard InChI is InChI=1S/C35H40N2O5S/c1-25-33(23-37(3)26(2)29-10-6-4-7-11-29)41-35(42-34(25)30-18-16-28(24-38)17-19-30)31-20-14-27(15-21-31)22-36-43(39,40)32-12-8-5-9-13-32/h4-21,25-26,33-36,38H,22-24H2,1-3H3. The Bertz CT molecular complexity index is 1550. The lowest BCUT2D eigenvalue weighted by Gasteiger charge is -2.43. The molecule has 7 nitrogen and oxygen atoms in total. The summed E-state index contributed by atoms with van der Waals surface area (Å²) in [4.78, 5) is 2.55. The van der Waals surface area contributed by atoms with Crippen LogP contribution in [0.25, 0.3) is 0 Å². The maximum Gasteiger partial charge on any atom is 0.240 e. The van der Waals surface area contributed by atoms with Crippen LogP contribution in [0, 0.1) is 5.92 Å². The number of nitrogens with zero attached hydrogens (tertiary/aromatic N) is 1. The summed E-state index contributed by atoms with van der Waals surface area (Å²) < 4.78 is 41.2. The van der Waals surface area contributed by atoms with E-state index >= 15 is 0 Å². The summed E-state index contributed by atoms with van der Waals surface area (Å²) in [6.07, 6.45) is -0.928. The van der Waals surface area contributed by atoms with Crippen LogP contribution in [0.5, 0.6) is 0 Å². The van der Waals surface area contributed by atoms with Crippen LogP contribution >= 0.6 is 0 Å². The zero-order valence-electron chi connectivity index (χ0n) is 24.8. The van der Waals surface area contributed by atoms with E-state index in [9.17, 15) is 13.5 Å². The number of ether oxygens (including phenoxy) is 2. The molecule has 1 saturated heterocycles. The largest absolute Gasteiger partial charge is 0.392 e. The lowest BCUT2D eigenvalue weighted by atomic mass is 9.89. The van der Waals surface area contributed by atoms with E-state index in [2.05, 4.69) is 54.8 Å². The van der Waals surface area contributed by atoms with Crippen molar-refractivity contribution in [3.8, 4) is 0 Å². The lowest BCUT2D eigenvalue weighted by Crippen LogP contribution is -2.44. The van der Waals surface area contributed by atoms with Crippen molar-refractivity contribution in [3.63, 3.8) is 0 Å². The average molecular weight is 601 g/mol. The molecule has 0 spiro atoms. The SMILES string of the molecule is CC1C(CN(C)C(C)c2ccccc2)OC(c2ccc(CNS(=O)(=O)c3ccccc3)cc2)OC1c1ccc(CO)cc1. The van der Waals surface area contributed by atoms with Crippen LogP contribution in [0.2, 0.25) is 0 Å². The van der Waals surface area contributed by atoms with Crippen LogP contribution in [0.4, 0.5) is 0 Å². The molecule has 5 rings (SSSR count). The highest BCUT2D eigenvalue weighted by atomic mass is 32.2. The maximum atomic E-state index is 12.7. The third kappa shape index (κ3) is 7.59. The molecule has 1 heterocycles. The molecule has 0 aromatic heterocycles. The number of aliphatic hydroxyl groups is 1. The summed E-state index contributed by atoms with van der Waals surface area (Å²) >= 11 is 0. The zero-order chi connectivity index (χ0) is 30.4. The quantitative estimate of drug-likeness (QED) is 0.215. The Labute approximate surface area is 255 Å². The van der Waals surface area contributed by atoms with Gasteiger partial charge in [0.1, 0.15) is 0 Å². The van der Waals surface area contributed by atoms with Gasteiger partial charge in [0.15, 0.2) is 6.29 Å². The molecule has 0 amide bonds. The van der Waals surface area contributed by atoms with Crippen molar-refractivity contribution in [2.24, 2.45) is 5.92 Å². The smallest absolute Gasteiger partial charge is 0.240 e. The number of aliphatic hydroxyl groups excluding tert-OH is 1. The number of nitrogens with one attached hydrogen (secondary N) is 1. The lowest BCUT2D eigenvalue weighted by molar-refractivity contribution is -0.276. The normalized spacial score (nSPS) is 21.5. The van der Waals surface area contributed by atoms with Gasteiger partial charge in [-0.2, -0.15) is 0 Å². The van der Waals surface area contributed by atoms with Crippen molar-refractivity contribution in [2.45, 2.75) is 56.4 Å². The summed E-state index contributed by atoms with van der Waals surface area (Å²) in [5.41, 5.74) is 4.83. The summed E-state index contributed by atoms with van der Waals surface area (Å²) in [5.74, 6) is 0.0633. The van der Waals surface area contributed by atoms with Crippen molar-refractivity contribution in [2.75, 3.05) is 13.6 Å². The van der Waals surface area contributed by atoms with Crippen molar-refractivity contribution in [1.29, 1.82) is 0 Å². The third-order valence-electron chi connectivity index (χ3n) is 8.31. The van der Waals surface area contributed by atoms with Crippen LogP contribution in [0.1, 0.15) is 60.1 Å². The van der Waals surface area contributed by atoms with E-state index in [0.717, 1.165) is 22.3 Å². The van der Waals surface area contributed by atoms with E-state index in [1.807, 2.05) is 54.6 Å². The fourth-order valence-electron chi connectivity index (χ4n) is 5.41. The molecule has 5 unspecified atom stereocenters. The van der Waals surface area contributed by atoms with Crippen LogP contribution in [-0.4, -0.2) is 38.1 Å². The van der Waals surface area contributed by atoms with E-state index in [1.165, 1.54) is 5.56 Å². The number of likely N-dealkylation sites (N-methyl/N-ethyl adjacent to an activating group) is 1. The van der Waals surface area contributed by atoms with E-state index in [0.29, 0.717) is 6.54 Å². The Balaban J connectivity index is 1.33. The molecular formula is C35H40N2O5S. The Morgan fingerprint density at radius 2 is 1.40 bits per heavy atom. The van der Waals surface area contributed by atoms with Gasteiger partial charge in [-0.05, 0) is 48.4 Å². The molecule has 226 valence electrons. The number of benzene rings is 4.